The molecule has 0 bridgehead atoms. The largest absolute Gasteiger partial charge is 0.478 e. The first kappa shape index (κ1) is 19.2. The number of aromatic carboxylic acids is 1. The van der Waals surface area contributed by atoms with Gasteiger partial charge in [0.05, 0.1) is 29.8 Å². The third-order valence-corrected chi connectivity index (χ3v) is 4.29. The Morgan fingerprint density at radius 1 is 1.30 bits per heavy atom. The number of carboxylic acid groups (broad SMARTS) is 1. The van der Waals surface area contributed by atoms with Gasteiger partial charge < -0.3 is 19.5 Å². The van der Waals surface area contributed by atoms with Crippen LogP contribution in [0.1, 0.15) is 16.8 Å². The zero-order valence-electron chi connectivity index (χ0n) is 14.0. The normalized spacial score (nSPS) is 19.5. The smallest absolute Gasteiger partial charge is 0.345 e. The summed E-state index contributed by atoms with van der Waals surface area (Å²) in [5, 5.41) is 9.44. The van der Waals surface area contributed by atoms with E-state index >= 15 is 0 Å². The number of carbonyl (C=O) groups is 1. The van der Waals surface area contributed by atoms with Gasteiger partial charge >= 0.3 is 12.6 Å². The third-order valence-electron chi connectivity index (χ3n) is 4.07. The molecule has 0 aromatic carbocycles. The molecule has 10 heteroatoms. The summed E-state index contributed by atoms with van der Waals surface area (Å²) in [6, 6.07) is 5.79. The maximum Gasteiger partial charge on any atom is 0.345 e. The number of aromatic nitrogens is 2. The fraction of sp³-hybridized carbons (Fsp3) is 0.353. The topological polar surface area (TPSA) is 84.8 Å². The molecular formula is C17H16ClF2N3O4. The molecule has 1 fully saturated rings. The fourth-order valence-electron chi connectivity index (χ4n) is 2.87. The van der Waals surface area contributed by atoms with Crippen LogP contribution in [0.25, 0.3) is 0 Å². The Bertz CT molecular complexity index is 777. The Morgan fingerprint density at radius 3 is 2.70 bits per heavy atom. The molecule has 1 saturated heterocycles. The Balaban J connectivity index is 1.74. The zero-order chi connectivity index (χ0) is 19.4. The van der Waals surface area contributed by atoms with Gasteiger partial charge in [0.1, 0.15) is 11.9 Å². The van der Waals surface area contributed by atoms with E-state index in [9.17, 15) is 13.6 Å². The fourth-order valence-corrected chi connectivity index (χ4v) is 2.98. The van der Waals surface area contributed by atoms with Gasteiger partial charge in [-0.25, -0.2) is 14.8 Å². The van der Waals surface area contributed by atoms with Crippen molar-refractivity contribution < 1.29 is 28.2 Å². The van der Waals surface area contributed by atoms with Crippen molar-refractivity contribution in [2.24, 2.45) is 0 Å². The second kappa shape index (κ2) is 8.45. The van der Waals surface area contributed by atoms with E-state index in [1.54, 1.807) is 17.0 Å². The number of pyridine rings is 2. The van der Waals surface area contributed by atoms with E-state index in [0.29, 0.717) is 29.7 Å². The van der Waals surface area contributed by atoms with E-state index in [-0.39, 0.29) is 18.3 Å². The minimum Gasteiger partial charge on any atom is -0.478 e. The van der Waals surface area contributed by atoms with E-state index in [1.165, 1.54) is 24.5 Å². The molecule has 1 aliphatic heterocycles. The Morgan fingerprint density at radius 2 is 2.11 bits per heavy atom. The van der Waals surface area contributed by atoms with Gasteiger partial charge in [-0.05, 0) is 18.2 Å². The summed E-state index contributed by atoms with van der Waals surface area (Å²) in [5.74, 6) is -0.268. The molecular weight excluding hydrogens is 384 g/mol. The lowest BCUT2D eigenvalue weighted by atomic mass is 10.2. The van der Waals surface area contributed by atoms with Gasteiger partial charge in [-0.1, -0.05) is 11.6 Å². The van der Waals surface area contributed by atoms with Crippen molar-refractivity contribution in [3.05, 3.63) is 47.2 Å². The van der Waals surface area contributed by atoms with Gasteiger partial charge in [0, 0.05) is 24.9 Å². The number of anilines is 1. The molecule has 2 atom stereocenters. The van der Waals surface area contributed by atoms with Gasteiger partial charge in [0.25, 0.3) is 0 Å². The van der Waals surface area contributed by atoms with Crippen molar-refractivity contribution in [2.75, 3.05) is 18.1 Å². The number of halogens is 3. The summed E-state index contributed by atoms with van der Waals surface area (Å²) in [4.78, 5) is 20.9. The van der Waals surface area contributed by atoms with Gasteiger partial charge in [0.2, 0.25) is 5.88 Å². The van der Waals surface area contributed by atoms with E-state index in [1.807, 2.05) is 0 Å². The van der Waals surface area contributed by atoms with Crippen LogP contribution in [0, 0.1) is 0 Å². The van der Waals surface area contributed by atoms with Crippen molar-refractivity contribution in [2.45, 2.75) is 25.2 Å². The average molecular weight is 400 g/mol. The first-order chi connectivity index (χ1) is 12.9. The molecule has 0 aliphatic carbocycles. The highest BCUT2D eigenvalue weighted by molar-refractivity contribution is 6.30. The summed E-state index contributed by atoms with van der Waals surface area (Å²) in [6.07, 6.45) is 2.76. The van der Waals surface area contributed by atoms with Crippen LogP contribution in [0.3, 0.4) is 0 Å². The van der Waals surface area contributed by atoms with Crippen LogP contribution in [-0.2, 0) is 4.74 Å². The molecule has 0 unspecified atom stereocenters. The second-order valence-corrected chi connectivity index (χ2v) is 6.34. The molecule has 27 heavy (non-hydrogen) atoms. The highest BCUT2D eigenvalue weighted by Crippen LogP contribution is 2.27. The molecule has 3 rings (SSSR count). The van der Waals surface area contributed by atoms with E-state index in [2.05, 4.69) is 14.7 Å². The molecule has 0 radical (unpaired) electrons. The molecule has 2 aromatic rings. The van der Waals surface area contributed by atoms with E-state index in [0.717, 1.165) is 0 Å². The number of rotatable bonds is 7. The summed E-state index contributed by atoms with van der Waals surface area (Å²) < 4.78 is 35.2. The van der Waals surface area contributed by atoms with Crippen LogP contribution in [0.15, 0.2) is 36.7 Å². The minimum atomic E-state index is -2.88. The van der Waals surface area contributed by atoms with Crippen LogP contribution in [0.2, 0.25) is 5.02 Å². The van der Waals surface area contributed by atoms with Gasteiger partial charge in [-0.3, -0.25) is 0 Å². The van der Waals surface area contributed by atoms with Crippen LogP contribution in [0.5, 0.6) is 5.88 Å². The number of alkyl halides is 2. The first-order valence-electron chi connectivity index (χ1n) is 8.06. The monoisotopic (exact) mass is 399 g/mol. The summed E-state index contributed by atoms with van der Waals surface area (Å²) >= 11 is 5.80. The molecule has 0 amide bonds. The highest BCUT2D eigenvalue weighted by atomic mass is 35.5. The number of nitrogens with zero attached hydrogens (tertiary/aromatic N) is 3. The van der Waals surface area contributed by atoms with Gasteiger partial charge in [-0.15, -0.1) is 0 Å². The quantitative estimate of drug-likeness (QED) is 0.765. The number of ether oxygens (including phenoxy) is 2. The van der Waals surface area contributed by atoms with Crippen LogP contribution >= 0.6 is 11.6 Å². The predicted octanol–water partition coefficient (Wildman–Crippen LogP) is 3.09. The molecule has 1 aliphatic rings. The number of hydrogen-bond acceptors (Lipinski definition) is 6. The maximum atomic E-state index is 12.5. The van der Waals surface area contributed by atoms with E-state index in [4.69, 9.17) is 21.4 Å². The average Bonchev–Trinajstić information content (AvgIpc) is 3.04. The van der Waals surface area contributed by atoms with Crippen molar-refractivity contribution in [3.8, 4) is 5.88 Å². The summed E-state index contributed by atoms with van der Waals surface area (Å²) in [6.45, 7) is -2.73. The molecule has 0 spiro atoms. The van der Waals surface area contributed by atoms with Crippen molar-refractivity contribution in [1.29, 1.82) is 0 Å². The molecule has 3 heterocycles. The van der Waals surface area contributed by atoms with E-state index < -0.39 is 18.6 Å². The Kier molecular flexibility index (Phi) is 6.02. The summed E-state index contributed by atoms with van der Waals surface area (Å²) in [5.41, 5.74) is 0.0384. The molecule has 2 aromatic heterocycles. The minimum absolute atomic E-state index is 0.0384. The van der Waals surface area contributed by atoms with Crippen molar-refractivity contribution in [3.63, 3.8) is 0 Å². The number of carboxylic acids is 1. The highest BCUT2D eigenvalue weighted by Gasteiger charge is 2.35. The van der Waals surface area contributed by atoms with Crippen molar-refractivity contribution in [1.82, 2.24) is 9.97 Å². The van der Waals surface area contributed by atoms with Crippen molar-refractivity contribution >= 4 is 23.4 Å². The lowest BCUT2D eigenvalue weighted by Crippen LogP contribution is -2.34. The Labute approximate surface area is 158 Å². The lowest BCUT2D eigenvalue weighted by Gasteiger charge is -2.25. The summed E-state index contributed by atoms with van der Waals surface area (Å²) in [7, 11) is 0. The molecule has 7 nitrogen and oxygen atoms in total. The lowest BCUT2D eigenvalue weighted by molar-refractivity contribution is -0.131. The maximum absolute atomic E-state index is 12.5. The number of hydrogen-bond donors (Lipinski definition) is 1. The second-order valence-electron chi connectivity index (χ2n) is 5.90. The predicted molar refractivity (Wildman–Crippen MR) is 92.6 cm³/mol. The first-order valence-corrected chi connectivity index (χ1v) is 8.44. The Hall–Kier alpha value is -2.52. The molecule has 1 N–H and O–H groups in total. The molecule has 144 valence electrons. The van der Waals surface area contributed by atoms with Crippen LogP contribution in [0.4, 0.5) is 14.6 Å². The van der Waals surface area contributed by atoms with Gasteiger partial charge in [0.15, 0.2) is 0 Å². The molecule has 0 saturated carbocycles. The SMILES string of the molecule is O=C(O)c1ccc(N2C[C@@H](Oc3ccc(Cl)cn3)C[C@H]2COC(F)F)nc1. The van der Waals surface area contributed by atoms with Crippen LogP contribution < -0.4 is 9.64 Å². The third kappa shape index (κ3) is 5.01. The zero-order valence-corrected chi connectivity index (χ0v) is 14.7. The standard InChI is InChI=1S/C17H16ClF2N3O4/c18-11-2-4-15(22-7-11)27-13-5-12(9-26-17(19)20)23(8-13)14-3-1-10(6-21-14)16(24)25/h1-4,6-7,12-13,17H,5,8-9H2,(H,24,25)/t12-,13-/m0/s1. The van der Waals surface area contributed by atoms with Crippen LogP contribution in [-0.4, -0.2) is 53.0 Å². The van der Waals surface area contributed by atoms with Gasteiger partial charge in [-0.2, -0.15) is 8.78 Å².